The molecule has 1 heterocycles. The minimum absolute atomic E-state index is 0.259. The van der Waals surface area contributed by atoms with E-state index < -0.39 is 0 Å². The Morgan fingerprint density at radius 2 is 1.96 bits per heavy atom. The van der Waals surface area contributed by atoms with Crippen molar-refractivity contribution in [3.05, 3.63) is 35.4 Å². The zero-order chi connectivity index (χ0) is 19.8. The molecule has 2 N–H and O–H groups in total. The third-order valence-corrected chi connectivity index (χ3v) is 5.80. The van der Waals surface area contributed by atoms with Crippen LogP contribution in [0.1, 0.15) is 50.2 Å². The van der Waals surface area contributed by atoms with E-state index in [0.717, 1.165) is 38.3 Å². The Labute approximate surface area is 168 Å². The van der Waals surface area contributed by atoms with Gasteiger partial charge >= 0.3 is 0 Å². The number of benzene rings is 1. The minimum Gasteiger partial charge on any atom is -0.377 e. The highest BCUT2D eigenvalue weighted by molar-refractivity contribution is 5.81. The van der Waals surface area contributed by atoms with E-state index in [1.54, 1.807) is 7.05 Å². The summed E-state index contributed by atoms with van der Waals surface area (Å²) in [6, 6.07) is 8.57. The maximum Gasteiger partial charge on any atom is 0.225 e. The van der Waals surface area contributed by atoms with Crippen LogP contribution in [0.4, 0.5) is 0 Å². The van der Waals surface area contributed by atoms with Crippen LogP contribution < -0.4 is 10.6 Å². The number of amides is 1. The van der Waals surface area contributed by atoms with Crippen LogP contribution in [0.3, 0.4) is 0 Å². The molecule has 2 fully saturated rings. The molecule has 1 aliphatic heterocycles. The zero-order valence-corrected chi connectivity index (χ0v) is 17.2. The van der Waals surface area contributed by atoms with Crippen LogP contribution >= 0.6 is 0 Å². The van der Waals surface area contributed by atoms with Gasteiger partial charge in [-0.2, -0.15) is 0 Å². The van der Waals surface area contributed by atoms with Gasteiger partial charge in [0.2, 0.25) is 5.91 Å². The van der Waals surface area contributed by atoms with Gasteiger partial charge in [-0.25, -0.2) is 0 Å². The first kappa shape index (κ1) is 20.6. The molecule has 0 bridgehead atoms. The number of rotatable bonds is 7. The van der Waals surface area contributed by atoms with E-state index in [0.29, 0.717) is 25.7 Å². The Hall–Kier alpha value is -2.08. The molecule has 1 saturated heterocycles. The number of guanidine groups is 1. The largest absolute Gasteiger partial charge is 0.377 e. The minimum atomic E-state index is 0.259. The molecular weight excluding hydrogens is 352 g/mol. The average molecular weight is 387 g/mol. The molecule has 2 aliphatic rings. The van der Waals surface area contributed by atoms with E-state index in [9.17, 15) is 4.79 Å². The van der Waals surface area contributed by atoms with E-state index in [1.807, 2.05) is 24.0 Å². The summed E-state index contributed by atoms with van der Waals surface area (Å²) in [5.41, 5.74) is 2.41. The monoisotopic (exact) mass is 386 g/mol. The Morgan fingerprint density at radius 3 is 2.68 bits per heavy atom. The smallest absolute Gasteiger partial charge is 0.225 e. The van der Waals surface area contributed by atoms with Crippen molar-refractivity contribution in [1.29, 1.82) is 0 Å². The maximum atomic E-state index is 12.6. The predicted octanol–water partition coefficient (Wildman–Crippen LogP) is 2.68. The van der Waals surface area contributed by atoms with E-state index >= 15 is 0 Å². The van der Waals surface area contributed by atoms with Crippen molar-refractivity contribution >= 4 is 11.9 Å². The van der Waals surface area contributed by atoms with Gasteiger partial charge in [0.15, 0.2) is 5.96 Å². The average Bonchev–Trinajstić information content (AvgIpc) is 3.42. The van der Waals surface area contributed by atoms with Crippen LogP contribution in [-0.4, -0.2) is 49.6 Å². The van der Waals surface area contributed by atoms with Gasteiger partial charge in [-0.15, -0.1) is 0 Å². The number of carbonyl (C=O) groups excluding carboxylic acids is 1. The number of likely N-dealkylation sites (tertiary alicyclic amines) is 1. The van der Waals surface area contributed by atoms with E-state index in [4.69, 9.17) is 4.74 Å². The molecule has 1 atom stereocenters. The lowest BCUT2D eigenvalue weighted by Gasteiger charge is -2.21. The molecule has 1 saturated carbocycles. The Morgan fingerprint density at radius 1 is 1.21 bits per heavy atom. The van der Waals surface area contributed by atoms with Crippen LogP contribution in [0.5, 0.6) is 0 Å². The van der Waals surface area contributed by atoms with Crippen molar-refractivity contribution in [3.8, 4) is 0 Å². The fourth-order valence-corrected chi connectivity index (χ4v) is 4.16. The summed E-state index contributed by atoms with van der Waals surface area (Å²) in [5, 5.41) is 6.90. The molecule has 1 aromatic carbocycles. The quantitative estimate of drug-likeness (QED) is 0.559. The number of hydrogen-bond donors (Lipinski definition) is 2. The van der Waals surface area contributed by atoms with Crippen molar-refractivity contribution in [2.75, 3.05) is 26.7 Å². The number of nitrogens with one attached hydrogen (secondary N) is 2. The predicted molar refractivity (Wildman–Crippen MR) is 112 cm³/mol. The van der Waals surface area contributed by atoms with Gasteiger partial charge in [-0.3, -0.25) is 9.79 Å². The Kier molecular flexibility index (Phi) is 7.71. The normalized spacial score (nSPS) is 20.6. The summed E-state index contributed by atoms with van der Waals surface area (Å²) in [5.74, 6) is 1.40. The number of carbonyl (C=O) groups is 1. The lowest BCUT2D eigenvalue weighted by molar-refractivity contribution is -0.134. The first-order chi connectivity index (χ1) is 13.7. The van der Waals surface area contributed by atoms with Gasteiger partial charge in [0, 0.05) is 45.2 Å². The molecule has 1 aliphatic carbocycles. The first-order valence-corrected chi connectivity index (χ1v) is 10.6. The molecule has 0 radical (unpaired) electrons. The van der Waals surface area contributed by atoms with Gasteiger partial charge in [0.1, 0.15) is 0 Å². The number of ether oxygens (including phenoxy) is 1. The van der Waals surface area contributed by atoms with Crippen LogP contribution in [0, 0.1) is 5.92 Å². The van der Waals surface area contributed by atoms with Crippen molar-refractivity contribution in [2.45, 2.75) is 58.2 Å². The van der Waals surface area contributed by atoms with Crippen LogP contribution in [0.25, 0.3) is 0 Å². The van der Waals surface area contributed by atoms with Gasteiger partial charge in [-0.1, -0.05) is 37.1 Å². The summed E-state index contributed by atoms with van der Waals surface area (Å²) in [6.45, 7) is 5.66. The molecule has 0 spiro atoms. The molecule has 6 heteroatoms. The van der Waals surface area contributed by atoms with Gasteiger partial charge in [0.25, 0.3) is 0 Å². The highest BCUT2D eigenvalue weighted by Gasteiger charge is 2.32. The number of nitrogens with zero attached hydrogens (tertiary/aromatic N) is 2. The molecular formula is C22H34N4O2. The zero-order valence-electron chi connectivity index (χ0n) is 17.2. The fraction of sp³-hybridized carbons (Fsp3) is 0.636. The highest BCUT2D eigenvalue weighted by Crippen LogP contribution is 2.27. The summed E-state index contributed by atoms with van der Waals surface area (Å²) in [6.07, 6.45) is 5.51. The number of hydrogen-bond acceptors (Lipinski definition) is 3. The van der Waals surface area contributed by atoms with Crippen molar-refractivity contribution in [1.82, 2.24) is 15.5 Å². The van der Waals surface area contributed by atoms with E-state index in [-0.39, 0.29) is 12.0 Å². The lowest BCUT2D eigenvalue weighted by atomic mass is 10.1. The second kappa shape index (κ2) is 10.5. The van der Waals surface area contributed by atoms with Crippen LogP contribution in [0.15, 0.2) is 29.3 Å². The molecule has 6 nitrogen and oxygen atoms in total. The van der Waals surface area contributed by atoms with Crippen molar-refractivity contribution in [2.24, 2.45) is 10.9 Å². The van der Waals surface area contributed by atoms with Crippen LogP contribution in [0.2, 0.25) is 0 Å². The van der Waals surface area contributed by atoms with Crippen LogP contribution in [-0.2, 0) is 22.7 Å². The molecule has 1 unspecified atom stereocenters. The topological polar surface area (TPSA) is 66.0 Å². The molecule has 1 amide bonds. The summed E-state index contributed by atoms with van der Waals surface area (Å²) in [7, 11) is 1.79. The van der Waals surface area contributed by atoms with E-state index in [2.05, 4.69) is 27.8 Å². The van der Waals surface area contributed by atoms with Gasteiger partial charge in [0.05, 0.1) is 6.61 Å². The van der Waals surface area contributed by atoms with Crippen molar-refractivity contribution in [3.63, 3.8) is 0 Å². The highest BCUT2D eigenvalue weighted by atomic mass is 16.5. The second-order valence-corrected chi connectivity index (χ2v) is 7.73. The summed E-state index contributed by atoms with van der Waals surface area (Å²) < 4.78 is 5.57. The first-order valence-electron chi connectivity index (χ1n) is 10.6. The van der Waals surface area contributed by atoms with Crippen molar-refractivity contribution < 1.29 is 9.53 Å². The third-order valence-electron chi connectivity index (χ3n) is 5.80. The SMILES string of the molecule is CCOCc1ccccc1CNC(=NC)NC1CCN(C(=O)C2CCCC2)C1. The summed E-state index contributed by atoms with van der Waals surface area (Å²) >= 11 is 0. The molecule has 154 valence electrons. The van der Waals surface area contributed by atoms with Gasteiger partial charge in [-0.05, 0) is 37.3 Å². The second-order valence-electron chi connectivity index (χ2n) is 7.73. The standard InChI is InChI=1S/C22H34N4O2/c1-3-28-16-19-11-7-6-10-18(19)14-24-22(23-2)25-20-12-13-26(15-20)21(27)17-8-4-5-9-17/h6-7,10-11,17,20H,3-5,8-9,12-16H2,1-2H3,(H2,23,24,25). The molecule has 1 aromatic rings. The maximum absolute atomic E-state index is 12.6. The molecule has 3 rings (SSSR count). The molecule has 0 aromatic heterocycles. The lowest BCUT2D eigenvalue weighted by Crippen LogP contribution is -2.45. The van der Waals surface area contributed by atoms with Gasteiger partial charge < -0.3 is 20.3 Å². The molecule has 28 heavy (non-hydrogen) atoms. The fourth-order valence-electron chi connectivity index (χ4n) is 4.16. The number of aliphatic imine (C=N–C) groups is 1. The Balaban J connectivity index is 1.48. The Bertz CT molecular complexity index is 670. The third kappa shape index (κ3) is 5.47. The van der Waals surface area contributed by atoms with E-state index in [1.165, 1.54) is 24.0 Å². The summed E-state index contributed by atoms with van der Waals surface area (Å²) in [4.78, 5) is 19.0.